The van der Waals surface area contributed by atoms with Crippen LogP contribution in [-0.2, 0) is 11.3 Å². The quantitative estimate of drug-likeness (QED) is 0.363. The Kier molecular flexibility index (Phi) is 9.17. The van der Waals surface area contributed by atoms with E-state index >= 15 is 0 Å². The van der Waals surface area contributed by atoms with Gasteiger partial charge < -0.3 is 19.9 Å². The zero-order valence-corrected chi connectivity index (χ0v) is 22.0. The van der Waals surface area contributed by atoms with Crippen molar-refractivity contribution in [1.29, 1.82) is 0 Å². The van der Waals surface area contributed by atoms with E-state index in [-0.39, 0.29) is 29.5 Å². The van der Waals surface area contributed by atoms with Gasteiger partial charge in [-0.2, -0.15) is 0 Å². The number of anilines is 1. The second kappa shape index (κ2) is 12.1. The first-order chi connectivity index (χ1) is 16.7. The highest BCUT2D eigenvalue weighted by Crippen LogP contribution is 2.26. The fraction of sp³-hybridized carbons (Fsp3) is 0.360. The maximum absolute atomic E-state index is 12.9. The molecule has 3 rings (SSSR count). The summed E-state index contributed by atoms with van der Waals surface area (Å²) in [5.41, 5.74) is 2.14. The molecule has 0 saturated carbocycles. The number of aromatic nitrogens is 3. The molecule has 0 spiro atoms. The summed E-state index contributed by atoms with van der Waals surface area (Å²) >= 11 is 7.29. The van der Waals surface area contributed by atoms with Gasteiger partial charge in [-0.1, -0.05) is 37.2 Å². The van der Waals surface area contributed by atoms with Crippen molar-refractivity contribution in [1.82, 2.24) is 20.1 Å². The Morgan fingerprint density at radius 2 is 1.86 bits per heavy atom. The smallest absolute Gasteiger partial charge is 0.251 e. The van der Waals surface area contributed by atoms with Crippen molar-refractivity contribution in [3.05, 3.63) is 64.4 Å². The van der Waals surface area contributed by atoms with Gasteiger partial charge >= 0.3 is 0 Å². The third kappa shape index (κ3) is 6.76. The number of methoxy groups -OCH3 is 1. The number of hydrogen-bond donors (Lipinski definition) is 2. The Hall–Kier alpha value is -3.04. The number of thioether (sulfide) groups is 1. The van der Waals surface area contributed by atoms with E-state index in [0.717, 1.165) is 11.3 Å². The van der Waals surface area contributed by atoms with Gasteiger partial charge in [0.15, 0.2) is 11.0 Å². The minimum Gasteiger partial charge on any atom is -0.497 e. The molecule has 2 N–H and O–H groups in total. The summed E-state index contributed by atoms with van der Waals surface area (Å²) in [7, 11) is 1.58. The van der Waals surface area contributed by atoms with Gasteiger partial charge in [0, 0.05) is 22.8 Å². The number of carbonyl (C=O) groups excluding carboxylic acids is 2. The zero-order valence-electron chi connectivity index (χ0n) is 20.5. The highest BCUT2D eigenvalue weighted by atomic mass is 35.5. The Morgan fingerprint density at radius 1 is 1.14 bits per heavy atom. The SMILES string of the molecule is CCn1c(SCC(=O)Nc2ccc(Cl)cc2C)nnc1C(NC(=O)c1ccc(OC)cc1)C(C)C. The van der Waals surface area contributed by atoms with Crippen LogP contribution in [0.25, 0.3) is 0 Å². The third-order valence-corrected chi connectivity index (χ3v) is 6.64. The highest BCUT2D eigenvalue weighted by molar-refractivity contribution is 7.99. The van der Waals surface area contributed by atoms with Gasteiger partial charge in [-0.25, -0.2) is 0 Å². The fourth-order valence-electron chi connectivity index (χ4n) is 3.51. The van der Waals surface area contributed by atoms with Crippen molar-refractivity contribution < 1.29 is 14.3 Å². The fourth-order valence-corrected chi connectivity index (χ4v) is 4.55. The second-order valence-electron chi connectivity index (χ2n) is 8.30. The van der Waals surface area contributed by atoms with Gasteiger partial charge in [0.2, 0.25) is 5.91 Å². The molecule has 0 aliphatic carbocycles. The van der Waals surface area contributed by atoms with Crippen LogP contribution in [0.1, 0.15) is 48.6 Å². The molecule has 35 heavy (non-hydrogen) atoms. The van der Waals surface area contributed by atoms with Gasteiger partial charge in [-0.3, -0.25) is 9.59 Å². The van der Waals surface area contributed by atoms with Gasteiger partial charge in [-0.15, -0.1) is 10.2 Å². The normalized spacial score (nSPS) is 11.9. The molecule has 10 heteroatoms. The maximum atomic E-state index is 12.9. The first-order valence-electron chi connectivity index (χ1n) is 11.3. The monoisotopic (exact) mass is 515 g/mol. The number of rotatable bonds is 10. The van der Waals surface area contributed by atoms with Crippen molar-refractivity contribution in [3.63, 3.8) is 0 Å². The number of nitrogens with zero attached hydrogens (tertiary/aromatic N) is 3. The van der Waals surface area contributed by atoms with Crippen LogP contribution in [0, 0.1) is 12.8 Å². The molecule has 8 nitrogen and oxygen atoms in total. The van der Waals surface area contributed by atoms with E-state index in [9.17, 15) is 9.59 Å². The molecule has 2 amide bonds. The summed E-state index contributed by atoms with van der Waals surface area (Å²) in [6.07, 6.45) is 0. The second-order valence-corrected chi connectivity index (χ2v) is 9.68. The summed E-state index contributed by atoms with van der Waals surface area (Å²) in [4.78, 5) is 25.4. The van der Waals surface area contributed by atoms with E-state index in [1.54, 1.807) is 49.6 Å². The highest BCUT2D eigenvalue weighted by Gasteiger charge is 2.26. The summed E-state index contributed by atoms with van der Waals surface area (Å²) < 4.78 is 7.10. The van der Waals surface area contributed by atoms with Crippen molar-refractivity contribution in [2.45, 2.75) is 45.4 Å². The predicted molar refractivity (Wildman–Crippen MR) is 139 cm³/mol. The summed E-state index contributed by atoms with van der Waals surface area (Å²) in [6, 6.07) is 11.9. The zero-order chi connectivity index (χ0) is 25.5. The molecule has 2 aromatic carbocycles. The molecule has 3 aromatic rings. The number of aryl methyl sites for hydroxylation is 1. The minimum absolute atomic E-state index is 0.0701. The Balaban J connectivity index is 1.70. The number of nitrogens with one attached hydrogen (secondary N) is 2. The number of hydrogen-bond acceptors (Lipinski definition) is 6. The molecule has 1 atom stereocenters. The topological polar surface area (TPSA) is 98.1 Å². The van der Waals surface area contributed by atoms with Crippen LogP contribution in [0.5, 0.6) is 5.75 Å². The Morgan fingerprint density at radius 3 is 2.46 bits per heavy atom. The maximum Gasteiger partial charge on any atom is 0.251 e. The van der Waals surface area contributed by atoms with Gasteiger partial charge in [0.05, 0.1) is 18.9 Å². The van der Waals surface area contributed by atoms with E-state index in [4.69, 9.17) is 16.3 Å². The predicted octanol–water partition coefficient (Wildman–Crippen LogP) is 5.13. The molecule has 0 aliphatic rings. The largest absolute Gasteiger partial charge is 0.497 e. The lowest BCUT2D eigenvalue weighted by molar-refractivity contribution is -0.113. The lowest BCUT2D eigenvalue weighted by Crippen LogP contribution is -2.33. The third-order valence-electron chi connectivity index (χ3n) is 5.44. The molecule has 1 aromatic heterocycles. The molecular formula is C25H30ClN5O3S. The van der Waals surface area contributed by atoms with Crippen LogP contribution in [0.15, 0.2) is 47.6 Å². The number of ether oxygens (including phenoxy) is 1. The van der Waals surface area contributed by atoms with E-state index < -0.39 is 0 Å². The van der Waals surface area contributed by atoms with Crippen LogP contribution in [0.2, 0.25) is 5.02 Å². The van der Waals surface area contributed by atoms with Crippen LogP contribution < -0.4 is 15.4 Å². The van der Waals surface area contributed by atoms with Crippen LogP contribution in [0.4, 0.5) is 5.69 Å². The van der Waals surface area contributed by atoms with Gasteiger partial charge in [0.25, 0.3) is 5.91 Å². The molecule has 0 radical (unpaired) electrons. The average Bonchev–Trinajstić information content (AvgIpc) is 3.25. The molecule has 0 fully saturated rings. The molecule has 0 aliphatic heterocycles. The molecule has 0 bridgehead atoms. The summed E-state index contributed by atoms with van der Waals surface area (Å²) in [5, 5.41) is 15.9. The minimum atomic E-state index is -0.350. The van der Waals surface area contributed by atoms with Crippen LogP contribution >= 0.6 is 23.4 Å². The molecule has 186 valence electrons. The van der Waals surface area contributed by atoms with Gasteiger partial charge in [0.1, 0.15) is 5.75 Å². The Labute approximate surface area is 214 Å². The Bertz CT molecular complexity index is 1180. The number of benzene rings is 2. The van der Waals surface area contributed by atoms with E-state index in [1.807, 2.05) is 32.3 Å². The molecule has 1 heterocycles. The van der Waals surface area contributed by atoms with Crippen molar-refractivity contribution in [2.24, 2.45) is 5.92 Å². The van der Waals surface area contributed by atoms with E-state index in [2.05, 4.69) is 20.8 Å². The van der Waals surface area contributed by atoms with E-state index in [0.29, 0.717) is 33.9 Å². The van der Waals surface area contributed by atoms with Gasteiger partial charge in [-0.05, 0) is 67.8 Å². The van der Waals surface area contributed by atoms with Crippen LogP contribution in [-0.4, -0.2) is 39.4 Å². The van der Waals surface area contributed by atoms with Crippen molar-refractivity contribution in [3.8, 4) is 5.75 Å². The van der Waals surface area contributed by atoms with Crippen LogP contribution in [0.3, 0.4) is 0 Å². The summed E-state index contributed by atoms with van der Waals surface area (Å²) in [6.45, 7) is 8.51. The number of halogens is 1. The average molecular weight is 516 g/mol. The number of amides is 2. The first kappa shape index (κ1) is 26.6. The van der Waals surface area contributed by atoms with Crippen molar-refractivity contribution >= 4 is 40.9 Å². The lowest BCUT2D eigenvalue weighted by Gasteiger charge is -2.22. The molecule has 0 saturated heterocycles. The number of carbonyl (C=O) groups is 2. The van der Waals surface area contributed by atoms with Crippen molar-refractivity contribution in [2.75, 3.05) is 18.2 Å². The molecule has 1 unspecified atom stereocenters. The molecular weight excluding hydrogens is 486 g/mol. The standard InChI is InChI=1S/C25H30ClN5O3S/c1-6-31-23(22(15(2)3)28-24(33)17-7-10-19(34-5)11-8-17)29-30-25(31)35-14-21(32)27-20-12-9-18(26)13-16(20)4/h7-13,15,22H,6,14H2,1-5H3,(H,27,32)(H,28,33). The lowest BCUT2D eigenvalue weighted by atomic mass is 10.0. The first-order valence-corrected chi connectivity index (χ1v) is 12.7. The summed E-state index contributed by atoms with van der Waals surface area (Å²) in [5.74, 6) is 1.22. The van der Waals surface area contributed by atoms with E-state index in [1.165, 1.54) is 11.8 Å².